The van der Waals surface area contributed by atoms with Crippen molar-refractivity contribution >= 4 is 26.8 Å². The number of H-pyrrole nitrogens is 1. The van der Waals surface area contributed by atoms with Crippen molar-refractivity contribution in [3.63, 3.8) is 0 Å². The number of methoxy groups -OCH3 is 3. The summed E-state index contributed by atoms with van der Waals surface area (Å²) in [5.41, 5.74) is 1.78. The van der Waals surface area contributed by atoms with Crippen molar-refractivity contribution in [1.29, 1.82) is 0 Å². The lowest BCUT2D eigenvalue weighted by Crippen LogP contribution is -2.01. The third kappa shape index (κ3) is 3.39. The standard InChI is InChI=1S/C19H19NO5S/c1-23-17-11-15(12-18(24-2)19(17)25-3)26(21,22)9-7-13-4-5-16-14(10-13)6-8-20-16/h4-12,20H,1-3H3. The molecule has 0 amide bonds. The lowest BCUT2D eigenvalue weighted by molar-refractivity contribution is 0.323. The zero-order valence-electron chi connectivity index (χ0n) is 14.6. The van der Waals surface area contributed by atoms with Crippen LogP contribution in [0.4, 0.5) is 0 Å². The first kappa shape index (κ1) is 17.9. The Balaban J connectivity index is 1.99. The van der Waals surface area contributed by atoms with Gasteiger partial charge in [0.15, 0.2) is 21.3 Å². The van der Waals surface area contributed by atoms with E-state index >= 15 is 0 Å². The summed E-state index contributed by atoms with van der Waals surface area (Å²) in [6.07, 6.45) is 3.40. The summed E-state index contributed by atoms with van der Waals surface area (Å²) in [4.78, 5) is 3.16. The normalized spacial score (nSPS) is 11.8. The molecule has 1 N–H and O–H groups in total. The molecule has 136 valence electrons. The average molecular weight is 373 g/mol. The third-order valence-electron chi connectivity index (χ3n) is 3.98. The predicted octanol–water partition coefficient (Wildman–Crippen LogP) is 3.64. The van der Waals surface area contributed by atoms with Crippen LogP contribution in [0, 0.1) is 0 Å². The number of aromatic amines is 1. The molecule has 0 aliphatic rings. The molecule has 0 atom stereocenters. The Bertz CT molecular complexity index is 1040. The number of nitrogens with one attached hydrogen (secondary N) is 1. The van der Waals surface area contributed by atoms with Gasteiger partial charge in [-0.15, -0.1) is 0 Å². The van der Waals surface area contributed by atoms with Crippen molar-refractivity contribution in [2.24, 2.45) is 0 Å². The number of rotatable bonds is 6. The van der Waals surface area contributed by atoms with Crippen LogP contribution < -0.4 is 14.2 Å². The fourth-order valence-electron chi connectivity index (χ4n) is 2.64. The highest BCUT2D eigenvalue weighted by Crippen LogP contribution is 2.39. The van der Waals surface area contributed by atoms with Gasteiger partial charge in [-0.3, -0.25) is 0 Å². The number of hydrogen-bond donors (Lipinski definition) is 1. The molecule has 0 unspecified atom stereocenters. The second-order valence-electron chi connectivity index (χ2n) is 5.53. The van der Waals surface area contributed by atoms with Crippen LogP contribution in [0.25, 0.3) is 17.0 Å². The topological polar surface area (TPSA) is 77.6 Å². The molecule has 6 nitrogen and oxygen atoms in total. The van der Waals surface area contributed by atoms with Gasteiger partial charge in [0.25, 0.3) is 0 Å². The molecule has 1 heterocycles. The summed E-state index contributed by atoms with van der Waals surface area (Å²) >= 11 is 0. The van der Waals surface area contributed by atoms with E-state index in [0.717, 1.165) is 16.5 Å². The van der Waals surface area contributed by atoms with Crippen molar-refractivity contribution in [2.75, 3.05) is 21.3 Å². The van der Waals surface area contributed by atoms with Gasteiger partial charge in [-0.2, -0.15) is 0 Å². The molecule has 3 rings (SSSR count). The number of fused-ring (bicyclic) bond motifs is 1. The van der Waals surface area contributed by atoms with Crippen molar-refractivity contribution in [2.45, 2.75) is 4.90 Å². The van der Waals surface area contributed by atoms with Gasteiger partial charge in [-0.25, -0.2) is 8.42 Å². The Hall–Kier alpha value is -2.93. The molecule has 0 saturated heterocycles. The molecule has 7 heteroatoms. The first-order valence-electron chi connectivity index (χ1n) is 7.79. The van der Waals surface area contributed by atoms with E-state index in [2.05, 4.69) is 4.98 Å². The first-order chi connectivity index (χ1) is 12.5. The lowest BCUT2D eigenvalue weighted by atomic mass is 10.1. The number of sulfone groups is 1. The van der Waals surface area contributed by atoms with E-state index in [-0.39, 0.29) is 16.4 Å². The molecule has 0 bridgehead atoms. The van der Waals surface area contributed by atoms with Crippen LogP contribution in [0.5, 0.6) is 17.2 Å². The van der Waals surface area contributed by atoms with Gasteiger partial charge in [0.2, 0.25) is 5.75 Å². The maximum Gasteiger partial charge on any atom is 0.203 e. The highest BCUT2D eigenvalue weighted by molar-refractivity contribution is 7.94. The molecule has 26 heavy (non-hydrogen) atoms. The van der Waals surface area contributed by atoms with Gasteiger partial charge in [-0.1, -0.05) is 6.07 Å². The van der Waals surface area contributed by atoms with Crippen molar-refractivity contribution < 1.29 is 22.6 Å². The molecule has 0 saturated carbocycles. The van der Waals surface area contributed by atoms with Gasteiger partial charge >= 0.3 is 0 Å². The van der Waals surface area contributed by atoms with Gasteiger partial charge in [0, 0.05) is 29.3 Å². The van der Waals surface area contributed by atoms with Crippen LogP contribution in [0.3, 0.4) is 0 Å². The summed E-state index contributed by atoms with van der Waals surface area (Å²) in [7, 11) is 0.652. The van der Waals surface area contributed by atoms with Crippen LogP contribution in [0.1, 0.15) is 5.56 Å². The lowest BCUT2D eigenvalue weighted by Gasteiger charge is -2.13. The predicted molar refractivity (Wildman–Crippen MR) is 101 cm³/mol. The summed E-state index contributed by atoms with van der Waals surface area (Å²) in [6, 6.07) is 10.4. The quantitative estimate of drug-likeness (QED) is 0.714. The number of aromatic nitrogens is 1. The zero-order chi connectivity index (χ0) is 18.7. The molecule has 2 aromatic carbocycles. The van der Waals surface area contributed by atoms with Crippen LogP contribution >= 0.6 is 0 Å². The van der Waals surface area contributed by atoms with Gasteiger partial charge in [0.1, 0.15) is 0 Å². The zero-order valence-corrected chi connectivity index (χ0v) is 15.5. The van der Waals surface area contributed by atoms with E-state index in [9.17, 15) is 8.42 Å². The van der Waals surface area contributed by atoms with Gasteiger partial charge in [0.05, 0.1) is 26.2 Å². The minimum Gasteiger partial charge on any atom is -0.493 e. The number of benzene rings is 2. The van der Waals surface area contributed by atoms with Crippen molar-refractivity contribution in [1.82, 2.24) is 4.98 Å². The van der Waals surface area contributed by atoms with Crippen LogP contribution in [-0.4, -0.2) is 34.7 Å². The molecule has 0 spiro atoms. The Morgan fingerprint density at radius 3 is 2.23 bits per heavy atom. The Kier molecular flexibility index (Phi) is 4.90. The van der Waals surface area contributed by atoms with Crippen LogP contribution in [-0.2, 0) is 9.84 Å². The Morgan fingerprint density at radius 2 is 1.62 bits per heavy atom. The van der Waals surface area contributed by atoms with Crippen molar-refractivity contribution in [3.8, 4) is 17.2 Å². The fraction of sp³-hybridized carbons (Fsp3) is 0.158. The second-order valence-corrected chi connectivity index (χ2v) is 7.37. The highest BCUT2D eigenvalue weighted by atomic mass is 32.2. The molecule has 1 aromatic heterocycles. The highest BCUT2D eigenvalue weighted by Gasteiger charge is 2.19. The van der Waals surface area contributed by atoms with E-state index < -0.39 is 9.84 Å². The molecule has 0 aliphatic carbocycles. The monoisotopic (exact) mass is 373 g/mol. The summed E-state index contributed by atoms with van der Waals surface area (Å²) < 4.78 is 41.1. The molecule has 0 fully saturated rings. The van der Waals surface area contributed by atoms with Crippen molar-refractivity contribution in [3.05, 3.63) is 53.6 Å². The average Bonchev–Trinajstić information content (AvgIpc) is 3.12. The Labute approximate surface area is 151 Å². The molecule has 0 aliphatic heterocycles. The number of hydrogen-bond acceptors (Lipinski definition) is 5. The molecular formula is C19H19NO5S. The van der Waals surface area contributed by atoms with E-state index in [4.69, 9.17) is 14.2 Å². The minimum absolute atomic E-state index is 0.0611. The summed E-state index contributed by atoms with van der Waals surface area (Å²) in [5.74, 6) is 0.913. The third-order valence-corrected chi connectivity index (χ3v) is 5.37. The van der Waals surface area contributed by atoms with E-state index in [1.807, 2.05) is 30.5 Å². The number of ether oxygens (including phenoxy) is 3. The molecule has 0 radical (unpaired) electrons. The summed E-state index contributed by atoms with van der Waals surface area (Å²) in [6.45, 7) is 0. The van der Waals surface area contributed by atoms with E-state index in [1.165, 1.54) is 38.9 Å². The smallest absolute Gasteiger partial charge is 0.203 e. The van der Waals surface area contributed by atoms with Gasteiger partial charge < -0.3 is 19.2 Å². The Morgan fingerprint density at radius 1 is 0.923 bits per heavy atom. The molecule has 3 aromatic rings. The fourth-order valence-corrected chi connectivity index (χ4v) is 3.68. The van der Waals surface area contributed by atoms with E-state index in [0.29, 0.717) is 5.75 Å². The largest absolute Gasteiger partial charge is 0.493 e. The summed E-state index contributed by atoms with van der Waals surface area (Å²) in [5, 5.41) is 2.18. The minimum atomic E-state index is -3.69. The first-order valence-corrected chi connectivity index (χ1v) is 9.33. The molecular weight excluding hydrogens is 354 g/mol. The van der Waals surface area contributed by atoms with Crippen LogP contribution in [0.15, 0.2) is 52.9 Å². The van der Waals surface area contributed by atoms with Gasteiger partial charge in [-0.05, 0) is 35.2 Å². The van der Waals surface area contributed by atoms with E-state index in [1.54, 1.807) is 6.08 Å². The maximum absolute atomic E-state index is 12.7. The van der Waals surface area contributed by atoms with Crippen LogP contribution in [0.2, 0.25) is 0 Å². The second kappa shape index (κ2) is 7.13. The maximum atomic E-state index is 12.7. The SMILES string of the molecule is COc1cc(S(=O)(=O)C=Cc2ccc3[nH]ccc3c2)cc(OC)c1OC.